The maximum Gasteiger partial charge on any atom is 0.329 e. The van der Waals surface area contributed by atoms with Gasteiger partial charge in [0, 0.05) is 23.3 Å². The molecule has 1 N–H and O–H groups in total. The number of aromatic hydroxyl groups is 1. The molecule has 1 aromatic rings. The summed E-state index contributed by atoms with van der Waals surface area (Å²) in [7, 11) is 0. The van der Waals surface area contributed by atoms with E-state index < -0.39 is 12.1 Å². The number of hydrogen-bond acceptors (Lipinski definition) is 6. The molecule has 5 aliphatic rings. The molecule has 0 aromatic heterocycles. The van der Waals surface area contributed by atoms with Gasteiger partial charge in [-0.1, -0.05) is 20.8 Å². The number of ether oxygens (including phenoxy) is 1. The van der Waals surface area contributed by atoms with Crippen LogP contribution >= 0.6 is 11.8 Å². The first kappa shape index (κ1) is 25.1. The summed E-state index contributed by atoms with van der Waals surface area (Å²) in [5.74, 6) is 1.45. The van der Waals surface area contributed by atoms with Crippen LogP contribution in [0, 0.1) is 16.7 Å². The third kappa shape index (κ3) is 3.96. The number of phenolic OH excluding ortho intramolecular Hbond substituents is 1. The van der Waals surface area contributed by atoms with Gasteiger partial charge >= 0.3 is 5.97 Å². The number of benzene rings is 1. The van der Waals surface area contributed by atoms with E-state index in [0.717, 1.165) is 37.7 Å². The molecule has 0 spiro atoms. The molecule has 2 amide bonds. The zero-order valence-electron chi connectivity index (χ0n) is 22.1. The summed E-state index contributed by atoms with van der Waals surface area (Å²) in [4.78, 5) is 43.9. The highest BCUT2D eigenvalue weighted by molar-refractivity contribution is 7.99. The summed E-state index contributed by atoms with van der Waals surface area (Å²) in [5, 5.41) is 10.2. The largest absolute Gasteiger partial charge is 0.508 e. The Labute approximate surface area is 223 Å². The lowest BCUT2D eigenvalue weighted by molar-refractivity contribution is -0.165. The van der Waals surface area contributed by atoms with Gasteiger partial charge in [-0.3, -0.25) is 9.59 Å². The van der Waals surface area contributed by atoms with Gasteiger partial charge in [-0.25, -0.2) is 4.79 Å². The molecule has 6 rings (SSSR count). The van der Waals surface area contributed by atoms with Gasteiger partial charge in [-0.15, -0.1) is 11.8 Å². The summed E-state index contributed by atoms with van der Waals surface area (Å²) >= 11 is 1.56. The van der Waals surface area contributed by atoms with Crippen LogP contribution in [0.25, 0.3) is 0 Å². The van der Waals surface area contributed by atoms with Crippen molar-refractivity contribution in [2.75, 3.05) is 18.2 Å². The quantitative estimate of drug-likeness (QED) is 0.567. The number of nitrogens with zero attached hydrogens (tertiary/aromatic N) is 2. The highest BCUT2D eigenvalue weighted by atomic mass is 32.2. The van der Waals surface area contributed by atoms with Crippen molar-refractivity contribution >= 4 is 29.5 Å². The Morgan fingerprint density at radius 2 is 1.84 bits per heavy atom. The molecule has 2 aliphatic heterocycles. The number of esters is 1. The maximum atomic E-state index is 13.7. The van der Waals surface area contributed by atoms with Crippen molar-refractivity contribution in [1.29, 1.82) is 0 Å². The lowest BCUT2D eigenvalue weighted by Crippen LogP contribution is -2.52. The van der Waals surface area contributed by atoms with Gasteiger partial charge < -0.3 is 19.6 Å². The average molecular weight is 527 g/mol. The molecule has 2 saturated heterocycles. The predicted octanol–water partition coefficient (Wildman–Crippen LogP) is 4.53. The number of rotatable bonds is 5. The molecular formula is C29H38N2O5S. The number of fused-ring (bicyclic) bond motifs is 2. The van der Waals surface area contributed by atoms with Crippen molar-refractivity contribution in [2.45, 2.75) is 89.8 Å². The number of thioether (sulfide) groups is 1. The predicted molar refractivity (Wildman–Crippen MR) is 141 cm³/mol. The van der Waals surface area contributed by atoms with Gasteiger partial charge in [0.25, 0.3) is 5.91 Å². The summed E-state index contributed by atoms with van der Waals surface area (Å²) in [5.41, 5.74) is 1.46. The summed E-state index contributed by atoms with van der Waals surface area (Å²) in [6.45, 7) is 7.37. The van der Waals surface area contributed by atoms with Crippen LogP contribution < -0.4 is 0 Å². The van der Waals surface area contributed by atoms with Crippen LogP contribution in [0.15, 0.2) is 18.2 Å². The molecular weight excluding hydrogens is 488 g/mol. The Kier molecular flexibility index (Phi) is 6.05. The molecule has 8 heteroatoms. The average Bonchev–Trinajstić information content (AvgIpc) is 3.23. The van der Waals surface area contributed by atoms with E-state index in [1.807, 2.05) is 0 Å². The molecule has 7 nitrogen and oxygen atoms in total. The third-order valence-corrected chi connectivity index (χ3v) is 11.5. The molecule has 5 atom stereocenters. The van der Waals surface area contributed by atoms with Crippen LogP contribution in [-0.4, -0.2) is 69.1 Å². The molecule has 37 heavy (non-hydrogen) atoms. The lowest BCUT2D eigenvalue weighted by Gasteiger charge is -2.39. The Morgan fingerprint density at radius 3 is 2.51 bits per heavy atom. The minimum absolute atomic E-state index is 0.0183. The summed E-state index contributed by atoms with van der Waals surface area (Å²) < 4.78 is 6.16. The fourth-order valence-electron chi connectivity index (χ4n) is 7.42. The van der Waals surface area contributed by atoms with E-state index in [2.05, 4.69) is 20.8 Å². The minimum Gasteiger partial charge on any atom is -0.508 e. The van der Waals surface area contributed by atoms with E-state index in [4.69, 9.17) is 4.74 Å². The van der Waals surface area contributed by atoms with Crippen molar-refractivity contribution in [3.8, 4) is 5.75 Å². The van der Waals surface area contributed by atoms with Crippen molar-refractivity contribution < 1.29 is 24.2 Å². The number of amides is 2. The molecule has 5 unspecified atom stereocenters. The number of phenols is 1. The first-order valence-corrected chi connectivity index (χ1v) is 15.0. The highest BCUT2D eigenvalue weighted by Gasteiger charge is 2.63. The van der Waals surface area contributed by atoms with Crippen LogP contribution in [0.1, 0.15) is 87.6 Å². The Hall–Kier alpha value is -2.22. The summed E-state index contributed by atoms with van der Waals surface area (Å²) in [6, 6.07) is 3.85. The number of carbonyl (C=O) groups is 3. The fraction of sp³-hybridized carbons (Fsp3) is 0.690. The molecule has 200 valence electrons. The second-order valence-corrected chi connectivity index (χ2v) is 13.6. The van der Waals surface area contributed by atoms with E-state index in [9.17, 15) is 19.5 Å². The smallest absolute Gasteiger partial charge is 0.329 e. The maximum absolute atomic E-state index is 13.7. The van der Waals surface area contributed by atoms with Gasteiger partial charge in [0.2, 0.25) is 5.91 Å². The van der Waals surface area contributed by atoms with Crippen LogP contribution in [0.3, 0.4) is 0 Å². The summed E-state index contributed by atoms with van der Waals surface area (Å²) in [6.07, 6.45) is 6.50. The monoisotopic (exact) mass is 526 g/mol. The van der Waals surface area contributed by atoms with Crippen molar-refractivity contribution in [3.63, 3.8) is 0 Å². The normalized spacial score (nSPS) is 34.2. The molecule has 1 aromatic carbocycles. The van der Waals surface area contributed by atoms with E-state index in [1.165, 1.54) is 6.42 Å². The van der Waals surface area contributed by atoms with E-state index in [-0.39, 0.29) is 40.5 Å². The SMILES string of the molecule is CC1(C)C2CCC1(C)C(OC(=O)C1CCCN1C(=O)C1CSCN1C(=O)c1ccc(O)c(C3CC3)c1)C2. The second-order valence-electron chi connectivity index (χ2n) is 12.6. The van der Waals surface area contributed by atoms with Crippen molar-refractivity contribution in [1.82, 2.24) is 9.80 Å². The van der Waals surface area contributed by atoms with Crippen LogP contribution in [0.4, 0.5) is 0 Å². The molecule has 3 aliphatic carbocycles. The van der Waals surface area contributed by atoms with Gasteiger partial charge in [-0.2, -0.15) is 0 Å². The zero-order valence-corrected chi connectivity index (χ0v) is 22.9. The Bertz CT molecular complexity index is 1130. The third-order valence-electron chi connectivity index (χ3n) is 10.5. The molecule has 2 heterocycles. The number of likely N-dealkylation sites (tertiary alicyclic amines) is 1. The molecule has 3 saturated carbocycles. The number of hydrogen-bond donors (Lipinski definition) is 1. The Morgan fingerprint density at radius 1 is 1.05 bits per heavy atom. The van der Waals surface area contributed by atoms with E-state index >= 15 is 0 Å². The minimum atomic E-state index is -0.594. The van der Waals surface area contributed by atoms with Crippen LogP contribution in [0.5, 0.6) is 5.75 Å². The van der Waals surface area contributed by atoms with Crippen LogP contribution in [-0.2, 0) is 14.3 Å². The molecule has 0 radical (unpaired) electrons. The lowest BCUT2D eigenvalue weighted by atomic mass is 9.70. The topological polar surface area (TPSA) is 87.2 Å². The standard InChI is InChI=1S/C29H38N2O5S/c1-28(2)19-10-11-29(28,3)24(14-19)36-27(35)21-5-4-12-30(21)26(34)22-15-37-16-31(22)25(33)18-8-9-23(32)20(13-18)17-6-7-17/h8-9,13,17,19,21-22,24,32H,4-7,10-12,14-16H2,1-3H3. The van der Waals surface area contributed by atoms with E-state index in [1.54, 1.807) is 39.8 Å². The Balaban J connectivity index is 1.15. The molecule has 2 bridgehead atoms. The first-order valence-electron chi connectivity index (χ1n) is 13.8. The number of carbonyl (C=O) groups excluding carboxylic acids is 3. The fourth-order valence-corrected chi connectivity index (χ4v) is 8.56. The van der Waals surface area contributed by atoms with Crippen molar-refractivity contribution in [3.05, 3.63) is 29.3 Å². The van der Waals surface area contributed by atoms with Gasteiger partial charge in [0.05, 0.1) is 5.88 Å². The van der Waals surface area contributed by atoms with Gasteiger partial charge in [0.15, 0.2) is 0 Å². The van der Waals surface area contributed by atoms with Crippen molar-refractivity contribution in [2.24, 2.45) is 16.7 Å². The second kappa shape index (κ2) is 8.92. The first-order chi connectivity index (χ1) is 17.6. The highest BCUT2D eigenvalue weighted by Crippen LogP contribution is 2.66. The van der Waals surface area contributed by atoms with Gasteiger partial charge in [-0.05, 0) is 86.0 Å². The van der Waals surface area contributed by atoms with E-state index in [0.29, 0.717) is 42.0 Å². The zero-order chi connectivity index (χ0) is 26.1. The van der Waals surface area contributed by atoms with Crippen LogP contribution in [0.2, 0.25) is 0 Å². The molecule has 5 fully saturated rings. The van der Waals surface area contributed by atoms with Gasteiger partial charge in [0.1, 0.15) is 23.9 Å².